The van der Waals surface area contributed by atoms with E-state index in [4.69, 9.17) is 0 Å². The molecule has 9 heteroatoms. The van der Waals surface area contributed by atoms with Crippen molar-refractivity contribution in [2.24, 2.45) is 5.92 Å². The maximum absolute atomic E-state index is 12.6. The lowest BCUT2D eigenvalue weighted by molar-refractivity contribution is 0.325. The largest absolute Gasteiger partial charge is 0.365 e. The molecule has 0 saturated carbocycles. The van der Waals surface area contributed by atoms with E-state index < -0.39 is 10.0 Å². The van der Waals surface area contributed by atoms with Gasteiger partial charge < -0.3 is 10.3 Å². The van der Waals surface area contributed by atoms with Crippen LogP contribution in [0.25, 0.3) is 22.4 Å². The molecule has 3 aromatic rings. The maximum Gasteiger partial charge on any atom is 0.214 e. The fraction of sp³-hybridized carbons (Fsp3) is 0.450. The van der Waals surface area contributed by atoms with Crippen LogP contribution in [0.5, 0.6) is 0 Å². The first-order valence-electron chi connectivity index (χ1n) is 9.92. The van der Waals surface area contributed by atoms with Crippen molar-refractivity contribution in [3.05, 3.63) is 36.8 Å². The summed E-state index contributed by atoms with van der Waals surface area (Å²) in [5.74, 6) is 0.985. The quantitative estimate of drug-likeness (QED) is 0.643. The number of sulfonamides is 1. The predicted molar refractivity (Wildman–Crippen MR) is 114 cm³/mol. The second kappa shape index (κ2) is 8.08. The molecule has 4 rings (SSSR count). The third-order valence-electron chi connectivity index (χ3n) is 5.01. The summed E-state index contributed by atoms with van der Waals surface area (Å²) in [7, 11) is -3.24. The van der Waals surface area contributed by atoms with Gasteiger partial charge in [0.05, 0.1) is 17.6 Å². The molecule has 1 fully saturated rings. The van der Waals surface area contributed by atoms with Gasteiger partial charge in [0.1, 0.15) is 11.3 Å². The molecule has 3 aromatic heterocycles. The minimum Gasteiger partial charge on any atom is -0.365 e. The number of piperidine rings is 1. The monoisotopic (exact) mass is 414 g/mol. The van der Waals surface area contributed by atoms with Crippen LogP contribution in [0.15, 0.2) is 36.8 Å². The molecule has 0 bridgehead atoms. The lowest BCUT2D eigenvalue weighted by atomic mass is 10.1. The van der Waals surface area contributed by atoms with E-state index in [1.54, 1.807) is 16.7 Å². The number of nitrogens with one attached hydrogen (secondary N) is 2. The summed E-state index contributed by atoms with van der Waals surface area (Å²) in [6.07, 6.45) is 6.99. The number of hydrogen-bond acceptors (Lipinski definition) is 6. The number of H-pyrrole nitrogens is 1. The van der Waals surface area contributed by atoms with Gasteiger partial charge in [-0.2, -0.15) is 4.31 Å². The molecule has 1 aliphatic heterocycles. The molecule has 1 saturated heterocycles. The van der Waals surface area contributed by atoms with Gasteiger partial charge in [-0.15, -0.1) is 0 Å². The van der Waals surface area contributed by atoms with Crippen molar-refractivity contribution in [2.45, 2.75) is 32.7 Å². The highest BCUT2D eigenvalue weighted by Gasteiger charge is 2.29. The van der Waals surface area contributed by atoms with Gasteiger partial charge in [-0.1, -0.05) is 13.8 Å². The van der Waals surface area contributed by atoms with Gasteiger partial charge in [0, 0.05) is 37.1 Å². The van der Waals surface area contributed by atoms with Gasteiger partial charge in [0.2, 0.25) is 10.0 Å². The number of fused-ring (bicyclic) bond motifs is 1. The van der Waals surface area contributed by atoms with Crippen molar-refractivity contribution in [1.29, 1.82) is 0 Å². The van der Waals surface area contributed by atoms with Crippen molar-refractivity contribution >= 4 is 27.0 Å². The van der Waals surface area contributed by atoms with Crippen LogP contribution < -0.4 is 5.32 Å². The highest BCUT2D eigenvalue weighted by molar-refractivity contribution is 7.89. The summed E-state index contributed by atoms with van der Waals surface area (Å²) in [5, 5.41) is 3.45. The molecule has 0 spiro atoms. The molecule has 29 heavy (non-hydrogen) atoms. The van der Waals surface area contributed by atoms with Crippen molar-refractivity contribution < 1.29 is 8.42 Å². The zero-order valence-corrected chi connectivity index (χ0v) is 17.5. The van der Waals surface area contributed by atoms with Crippen LogP contribution in [0.3, 0.4) is 0 Å². The second-order valence-electron chi connectivity index (χ2n) is 7.88. The van der Waals surface area contributed by atoms with Crippen LogP contribution in [0.4, 0.5) is 5.82 Å². The van der Waals surface area contributed by atoms with E-state index in [9.17, 15) is 8.42 Å². The number of aromatic nitrogens is 4. The van der Waals surface area contributed by atoms with E-state index in [0.717, 1.165) is 35.3 Å². The van der Waals surface area contributed by atoms with Gasteiger partial charge in [-0.25, -0.2) is 18.4 Å². The van der Waals surface area contributed by atoms with Crippen LogP contribution in [-0.2, 0) is 10.0 Å². The minimum absolute atomic E-state index is 0.00140. The van der Waals surface area contributed by atoms with Crippen LogP contribution in [0, 0.1) is 5.92 Å². The molecule has 4 heterocycles. The first-order chi connectivity index (χ1) is 13.9. The number of anilines is 1. The van der Waals surface area contributed by atoms with Crippen molar-refractivity contribution in [3.63, 3.8) is 0 Å². The molecule has 1 atom stereocenters. The van der Waals surface area contributed by atoms with E-state index >= 15 is 0 Å². The Balaban J connectivity index is 1.55. The van der Waals surface area contributed by atoms with Crippen LogP contribution in [0.1, 0.15) is 26.7 Å². The molecule has 154 valence electrons. The Kier molecular flexibility index (Phi) is 5.51. The van der Waals surface area contributed by atoms with Gasteiger partial charge >= 0.3 is 0 Å². The Morgan fingerprint density at radius 3 is 3.00 bits per heavy atom. The van der Waals surface area contributed by atoms with Crippen LogP contribution in [0.2, 0.25) is 0 Å². The summed E-state index contributed by atoms with van der Waals surface area (Å²) in [4.78, 5) is 16.7. The SMILES string of the molecule is CC(C)CS(=O)(=O)N1CCC[C@H](Nc2ncccc2-c2cnc3cc[nH]c3n2)C1. The topological polar surface area (TPSA) is 104 Å². The third kappa shape index (κ3) is 4.40. The Morgan fingerprint density at radius 1 is 1.31 bits per heavy atom. The fourth-order valence-electron chi connectivity index (χ4n) is 3.72. The molecule has 2 N–H and O–H groups in total. The first-order valence-corrected chi connectivity index (χ1v) is 11.5. The van der Waals surface area contributed by atoms with Gasteiger partial charge in [-0.05, 0) is 37.0 Å². The smallest absolute Gasteiger partial charge is 0.214 e. The number of pyridine rings is 1. The third-order valence-corrected chi connectivity index (χ3v) is 7.21. The number of aromatic amines is 1. The van der Waals surface area contributed by atoms with Crippen molar-refractivity contribution in [3.8, 4) is 11.3 Å². The zero-order valence-electron chi connectivity index (χ0n) is 16.7. The number of rotatable bonds is 6. The lowest BCUT2D eigenvalue weighted by Crippen LogP contribution is -2.46. The van der Waals surface area contributed by atoms with Gasteiger partial charge in [0.15, 0.2) is 5.65 Å². The molecule has 1 aliphatic rings. The molecular formula is C20H26N6O2S. The summed E-state index contributed by atoms with van der Waals surface area (Å²) >= 11 is 0. The molecular weight excluding hydrogens is 388 g/mol. The van der Waals surface area contributed by atoms with Crippen molar-refractivity contribution in [1.82, 2.24) is 24.2 Å². The van der Waals surface area contributed by atoms with Gasteiger partial charge in [0.25, 0.3) is 0 Å². The van der Waals surface area contributed by atoms with Gasteiger partial charge in [-0.3, -0.25) is 4.98 Å². The maximum atomic E-state index is 12.6. The summed E-state index contributed by atoms with van der Waals surface area (Å²) in [6.45, 7) is 4.89. The average molecular weight is 415 g/mol. The van der Waals surface area contributed by atoms with E-state index in [2.05, 4.69) is 25.3 Å². The predicted octanol–water partition coefficient (Wildman–Crippen LogP) is 2.88. The number of hydrogen-bond donors (Lipinski definition) is 2. The van der Waals surface area contributed by atoms with E-state index in [0.29, 0.717) is 18.9 Å². The molecule has 0 aromatic carbocycles. The standard InChI is InChI=1S/C20H26N6O2S/c1-14(2)13-29(27,28)26-10-4-5-15(12-26)24-19-16(6-3-8-21-19)18-11-23-17-7-9-22-20(17)25-18/h3,6-9,11,14-15H,4-5,10,12-13H2,1-2H3,(H,21,24)(H,22,25)/t15-/m0/s1. The summed E-state index contributed by atoms with van der Waals surface area (Å²) in [5.41, 5.74) is 3.10. The normalized spacial score (nSPS) is 18.4. The Labute approximate surface area is 170 Å². The zero-order chi connectivity index (χ0) is 20.4. The Bertz CT molecular complexity index is 1100. The molecule has 0 radical (unpaired) electrons. The first kappa shape index (κ1) is 19.8. The number of nitrogens with zero attached hydrogens (tertiary/aromatic N) is 4. The molecule has 0 aliphatic carbocycles. The van der Waals surface area contributed by atoms with Crippen LogP contribution >= 0.6 is 0 Å². The Hall–Kier alpha value is -2.52. The lowest BCUT2D eigenvalue weighted by Gasteiger charge is -2.33. The highest BCUT2D eigenvalue weighted by Crippen LogP contribution is 2.27. The van der Waals surface area contributed by atoms with E-state index in [1.807, 2.05) is 38.2 Å². The van der Waals surface area contributed by atoms with Crippen molar-refractivity contribution in [2.75, 3.05) is 24.2 Å². The Morgan fingerprint density at radius 2 is 2.17 bits per heavy atom. The summed E-state index contributed by atoms with van der Waals surface area (Å²) < 4.78 is 26.9. The second-order valence-corrected chi connectivity index (χ2v) is 9.89. The van der Waals surface area contributed by atoms with Crippen LogP contribution in [-0.4, -0.2) is 57.5 Å². The van der Waals surface area contributed by atoms with E-state index in [-0.39, 0.29) is 17.7 Å². The minimum atomic E-state index is -3.24. The average Bonchev–Trinajstić information content (AvgIpc) is 3.15. The fourth-order valence-corrected chi connectivity index (χ4v) is 5.58. The molecule has 8 nitrogen and oxygen atoms in total. The van der Waals surface area contributed by atoms with E-state index in [1.165, 1.54) is 0 Å². The summed E-state index contributed by atoms with van der Waals surface area (Å²) in [6, 6.07) is 5.69. The highest BCUT2D eigenvalue weighted by atomic mass is 32.2. The molecule has 0 unspecified atom stereocenters. The molecule has 0 amide bonds.